The summed E-state index contributed by atoms with van der Waals surface area (Å²) in [6.07, 6.45) is 0. The first kappa shape index (κ1) is 31.1. The fourth-order valence-corrected chi connectivity index (χ4v) is 8.17. The molecular weight excluding hydrogens is 643 g/mol. The van der Waals surface area contributed by atoms with Crippen LogP contribution in [0.15, 0.2) is 176 Å². The third-order valence-corrected chi connectivity index (χ3v) is 10.9. The largest absolute Gasteiger partial charge is 0.208 e. The molecular formula is C50H35N3. The Morgan fingerprint density at radius 1 is 0.321 bits per heavy atom. The van der Waals surface area contributed by atoms with Crippen molar-refractivity contribution in [2.24, 2.45) is 0 Å². The summed E-state index contributed by atoms with van der Waals surface area (Å²) in [6.45, 7) is 4.62. The van der Waals surface area contributed by atoms with Crippen molar-refractivity contribution in [2.75, 3.05) is 0 Å². The van der Waals surface area contributed by atoms with E-state index >= 15 is 0 Å². The molecule has 9 aromatic rings. The van der Waals surface area contributed by atoms with Gasteiger partial charge in [-0.15, -0.1) is 0 Å². The van der Waals surface area contributed by atoms with Gasteiger partial charge < -0.3 is 0 Å². The van der Waals surface area contributed by atoms with Gasteiger partial charge >= 0.3 is 0 Å². The van der Waals surface area contributed by atoms with E-state index in [1.54, 1.807) is 0 Å². The van der Waals surface area contributed by atoms with Crippen LogP contribution in [0.1, 0.15) is 25.0 Å². The molecule has 0 saturated heterocycles. The molecule has 8 aromatic carbocycles. The highest BCUT2D eigenvalue weighted by Gasteiger charge is 2.35. The minimum absolute atomic E-state index is 0.141. The second-order valence-electron chi connectivity index (χ2n) is 14.5. The van der Waals surface area contributed by atoms with E-state index in [1.165, 1.54) is 49.5 Å². The standard InChI is InChI=1S/C50H35N3/c1-50(2)45-22-11-10-19-41(45)42-28-27-38(31-46(42)50)48-51-47(52-49(53-48)43-20-9-8-18-39(43)33-14-4-3-5-15-33)37-26-24-34-17-12-21-40(44(34)30-37)36-25-23-32-13-6-7-16-35(32)29-36/h3-31H,1-2H3. The number of hydrogen-bond donors (Lipinski definition) is 0. The maximum absolute atomic E-state index is 5.25. The van der Waals surface area contributed by atoms with Gasteiger partial charge in [0.05, 0.1) is 0 Å². The van der Waals surface area contributed by atoms with E-state index in [2.05, 4.69) is 184 Å². The van der Waals surface area contributed by atoms with Crippen molar-refractivity contribution in [1.82, 2.24) is 15.0 Å². The van der Waals surface area contributed by atoms with Crippen LogP contribution >= 0.6 is 0 Å². The second kappa shape index (κ2) is 12.2. The van der Waals surface area contributed by atoms with Gasteiger partial charge in [-0.1, -0.05) is 172 Å². The maximum atomic E-state index is 5.25. The lowest BCUT2D eigenvalue weighted by Gasteiger charge is -2.21. The number of hydrogen-bond acceptors (Lipinski definition) is 3. The van der Waals surface area contributed by atoms with Crippen LogP contribution in [0.3, 0.4) is 0 Å². The highest BCUT2D eigenvalue weighted by molar-refractivity contribution is 6.01. The van der Waals surface area contributed by atoms with Crippen LogP contribution in [0, 0.1) is 0 Å². The van der Waals surface area contributed by atoms with E-state index in [9.17, 15) is 0 Å². The number of benzene rings is 8. The fraction of sp³-hybridized carbons (Fsp3) is 0.0600. The van der Waals surface area contributed by atoms with Gasteiger partial charge in [0.25, 0.3) is 0 Å². The Kier molecular flexibility index (Phi) is 7.16. The third kappa shape index (κ3) is 5.24. The lowest BCUT2D eigenvalue weighted by Crippen LogP contribution is -2.15. The lowest BCUT2D eigenvalue weighted by atomic mass is 9.82. The summed E-state index contributed by atoms with van der Waals surface area (Å²) in [5, 5.41) is 4.79. The van der Waals surface area contributed by atoms with Gasteiger partial charge in [0, 0.05) is 22.1 Å². The first-order valence-electron chi connectivity index (χ1n) is 18.2. The van der Waals surface area contributed by atoms with Crippen LogP contribution in [0.25, 0.3) is 89.1 Å². The van der Waals surface area contributed by atoms with Gasteiger partial charge in [-0.3, -0.25) is 0 Å². The zero-order chi connectivity index (χ0) is 35.5. The summed E-state index contributed by atoms with van der Waals surface area (Å²) >= 11 is 0. The van der Waals surface area contributed by atoms with E-state index in [0.717, 1.165) is 33.2 Å². The van der Waals surface area contributed by atoms with Gasteiger partial charge in [0.1, 0.15) is 0 Å². The number of nitrogens with zero attached hydrogens (tertiary/aromatic N) is 3. The molecule has 3 nitrogen and oxygen atoms in total. The molecule has 0 N–H and O–H groups in total. The van der Waals surface area contributed by atoms with Crippen molar-refractivity contribution in [1.29, 1.82) is 0 Å². The van der Waals surface area contributed by atoms with Crippen molar-refractivity contribution in [3.05, 3.63) is 187 Å². The van der Waals surface area contributed by atoms with Gasteiger partial charge in [-0.05, 0) is 84.3 Å². The average Bonchev–Trinajstić information content (AvgIpc) is 3.45. The summed E-state index contributed by atoms with van der Waals surface area (Å²) < 4.78 is 0. The maximum Gasteiger partial charge on any atom is 0.164 e. The Bertz CT molecular complexity index is 2870. The van der Waals surface area contributed by atoms with Crippen LogP contribution in [0.5, 0.6) is 0 Å². The zero-order valence-electron chi connectivity index (χ0n) is 29.6. The molecule has 0 radical (unpaired) electrons. The van der Waals surface area contributed by atoms with Crippen LogP contribution in [0.4, 0.5) is 0 Å². The first-order valence-corrected chi connectivity index (χ1v) is 18.2. The van der Waals surface area contributed by atoms with E-state index in [4.69, 9.17) is 15.0 Å². The van der Waals surface area contributed by atoms with Crippen molar-refractivity contribution in [3.63, 3.8) is 0 Å². The summed E-state index contributed by atoms with van der Waals surface area (Å²) in [6, 6.07) is 62.6. The fourth-order valence-electron chi connectivity index (χ4n) is 8.17. The average molecular weight is 678 g/mol. The molecule has 0 atom stereocenters. The van der Waals surface area contributed by atoms with Gasteiger partial charge in [-0.25, -0.2) is 15.0 Å². The van der Waals surface area contributed by atoms with Crippen LogP contribution < -0.4 is 0 Å². The predicted molar refractivity (Wildman–Crippen MR) is 220 cm³/mol. The summed E-state index contributed by atoms with van der Waals surface area (Å²) in [7, 11) is 0. The van der Waals surface area contributed by atoms with E-state index in [0.29, 0.717) is 17.5 Å². The molecule has 1 aliphatic carbocycles. The van der Waals surface area contributed by atoms with Gasteiger partial charge in [0.15, 0.2) is 17.5 Å². The highest BCUT2D eigenvalue weighted by Crippen LogP contribution is 2.49. The Morgan fingerprint density at radius 2 is 0.887 bits per heavy atom. The topological polar surface area (TPSA) is 38.7 Å². The lowest BCUT2D eigenvalue weighted by molar-refractivity contribution is 0.660. The third-order valence-electron chi connectivity index (χ3n) is 10.9. The summed E-state index contributed by atoms with van der Waals surface area (Å²) in [5.74, 6) is 1.95. The molecule has 0 amide bonds. The normalized spacial score (nSPS) is 12.9. The molecule has 0 bridgehead atoms. The Hall–Kier alpha value is -6.71. The minimum atomic E-state index is -0.141. The minimum Gasteiger partial charge on any atom is -0.208 e. The Labute approximate surface area is 309 Å². The number of aromatic nitrogens is 3. The van der Waals surface area contributed by atoms with Crippen molar-refractivity contribution in [2.45, 2.75) is 19.3 Å². The molecule has 0 fully saturated rings. The second-order valence-corrected chi connectivity index (χ2v) is 14.5. The Balaban J connectivity index is 1.17. The molecule has 3 heteroatoms. The number of rotatable bonds is 5. The molecule has 0 aliphatic heterocycles. The SMILES string of the molecule is CC1(C)c2ccccc2-c2ccc(-c3nc(-c4ccc5cccc(-c6ccc7ccccc7c6)c5c4)nc(-c4ccccc4-c4ccccc4)n3)cc21. The number of fused-ring (bicyclic) bond motifs is 5. The van der Waals surface area contributed by atoms with Crippen LogP contribution in [-0.2, 0) is 5.41 Å². The van der Waals surface area contributed by atoms with E-state index < -0.39 is 0 Å². The molecule has 0 saturated carbocycles. The molecule has 10 rings (SSSR count). The Morgan fingerprint density at radius 3 is 1.72 bits per heavy atom. The summed E-state index contributed by atoms with van der Waals surface area (Å²) in [5.41, 5.74) is 12.5. The molecule has 250 valence electrons. The van der Waals surface area contributed by atoms with Crippen LogP contribution in [-0.4, -0.2) is 15.0 Å². The van der Waals surface area contributed by atoms with Gasteiger partial charge in [0.2, 0.25) is 0 Å². The van der Waals surface area contributed by atoms with Crippen molar-refractivity contribution >= 4 is 21.5 Å². The molecule has 0 spiro atoms. The zero-order valence-corrected chi connectivity index (χ0v) is 29.6. The van der Waals surface area contributed by atoms with Crippen molar-refractivity contribution in [3.8, 4) is 67.5 Å². The molecule has 53 heavy (non-hydrogen) atoms. The predicted octanol–water partition coefficient (Wildman–Crippen LogP) is 12.8. The molecule has 1 aromatic heterocycles. The van der Waals surface area contributed by atoms with Gasteiger partial charge in [-0.2, -0.15) is 0 Å². The van der Waals surface area contributed by atoms with E-state index in [1.807, 2.05) is 6.07 Å². The molecule has 0 unspecified atom stereocenters. The first-order chi connectivity index (χ1) is 26.0. The molecule has 1 heterocycles. The monoisotopic (exact) mass is 677 g/mol. The van der Waals surface area contributed by atoms with Crippen LogP contribution in [0.2, 0.25) is 0 Å². The van der Waals surface area contributed by atoms with Crippen molar-refractivity contribution < 1.29 is 0 Å². The molecule has 1 aliphatic rings. The quantitative estimate of drug-likeness (QED) is 0.182. The van der Waals surface area contributed by atoms with E-state index in [-0.39, 0.29) is 5.41 Å². The highest BCUT2D eigenvalue weighted by atomic mass is 15.0. The smallest absolute Gasteiger partial charge is 0.164 e. The summed E-state index contributed by atoms with van der Waals surface area (Å²) in [4.78, 5) is 15.7.